The lowest BCUT2D eigenvalue weighted by Crippen LogP contribution is -2.45. The molecule has 2 nitrogen and oxygen atoms in total. The second kappa shape index (κ2) is 5.38. The second-order valence-corrected chi connectivity index (χ2v) is 4.48. The molecule has 0 aromatic rings. The van der Waals surface area contributed by atoms with Gasteiger partial charge in [-0.3, -0.25) is 4.79 Å². The topological polar surface area (TPSA) is 20.3 Å². The molecule has 1 fully saturated rings. The van der Waals surface area contributed by atoms with E-state index >= 15 is 0 Å². The number of hydrogen-bond donors (Lipinski definition) is 0. The van der Waals surface area contributed by atoms with Crippen molar-refractivity contribution in [3.05, 3.63) is 0 Å². The largest absolute Gasteiger partial charge is 0.337 e. The summed E-state index contributed by atoms with van der Waals surface area (Å²) in [5.74, 6) is 0.256. The van der Waals surface area contributed by atoms with Crippen LogP contribution in [0, 0.1) is 0 Å². The molecule has 0 aliphatic heterocycles. The molecule has 1 aliphatic rings. The molecule has 1 atom stereocenters. The van der Waals surface area contributed by atoms with Gasteiger partial charge in [0.15, 0.2) is 0 Å². The van der Waals surface area contributed by atoms with Gasteiger partial charge >= 0.3 is 0 Å². The molecule has 0 aromatic carbocycles. The Bertz CT molecular complexity index is 185. The van der Waals surface area contributed by atoms with Gasteiger partial charge in [0.1, 0.15) is 0 Å². The Morgan fingerprint density at radius 3 is 2.36 bits per heavy atom. The zero-order valence-corrected chi connectivity index (χ0v) is 9.75. The van der Waals surface area contributed by atoms with Crippen molar-refractivity contribution in [2.24, 2.45) is 0 Å². The zero-order valence-electron chi connectivity index (χ0n) is 9.75. The molecule has 0 bridgehead atoms. The summed E-state index contributed by atoms with van der Waals surface area (Å²) < 4.78 is 0. The van der Waals surface area contributed by atoms with Gasteiger partial charge in [0.25, 0.3) is 0 Å². The molecule has 0 spiro atoms. The van der Waals surface area contributed by atoms with Crippen LogP contribution in [0.1, 0.15) is 59.3 Å². The number of hydrogen-bond acceptors (Lipinski definition) is 1. The van der Waals surface area contributed by atoms with Crippen LogP contribution in [-0.2, 0) is 4.79 Å². The number of amides is 1. The van der Waals surface area contributed by atoms with Crippen molar-refractivity contribution in [3.63, 3.8) is 0 Å². The molecule has 2 heteroatoms. The predicted molar refractivity (Wildman–Crippen MR) is 59.1 cm³/mol. The van der Waals surface area contributed by atoms with E-state index in [1.54, 1.807) is 6.92 Å². The van der Waals surface area contributed by atoms with Crippen molar-refractivity contribution in [1.29, 1.82) is 0 Å². The Hall–Kier alpha value is -0.530. The Kier molecular flexibility index (Phi) is 4.43. The molecule has 1 rings (SSSR count). The summed E-state index contributed by atoms with van der Waals surface area (Å²) in [6.45, 7) is 6.03. The lowest BCUT2D eigenvalue weighted by molar-refractivity contribution is -0.134. The molecule has 1 amide bonds. The van der Waals surface area contributed by atoms with Crippen molar-refractivity contribution in [3.8, 4) is 0 Å². The average molecular weight is 197 g/mol. The van der Waals surface area contributed by atoms with E-state index in [1.165, 1.54) is 32.1 Å². The Balaban J connectivity index is 2.60. The van der Waals surface area contributed by atoms with E-state index in [0.717, 1.165) is 6.42 Å². The summed E-state index contributed by atoms with van der Waals surface area (Å²) in [5, 5.41) is 0. The van der Waals surface area contributed by atoms with Crippen molar-refractivity contribution < 1.29 is 4.79 Å². The number of carbonyl (C=O) groups excluding carboxylic acids is 1. The van der Waals surface area contributed by atoms with Gasteiger partial charge in [0.05, 0.1) is 0 Å². The molecular formula is C12H23NO. The lowest BCUT2D eigenvalue weighted by Gasteiger charge is -2.37. The van der Waals surface area contributed by atoms with Gasteiger partial charge in [-0.25, -0.2) is 0 Å². The van der Waals surface area contributed by atoms with Gasteiger partial charge < -0.3 is 4.90 Å². The second-order valence-electron chi connectivity index (χ2n) is 4.48. The fourth-order valence-corrected chi connectivity index (χ4v) is 2.48. The van der Waals surface area contributed by atoms with Crippen LogP contribution in [0.5, 0.6) is 0 Å². The first-order valence-corrected chi connectivity index (χ1v) is 5.95. The van der Waals surface area contributed by atoms with E-state index in [0.29, 0.717) is 12.1 Å². The molecule has 0 radical (unpaired) electrons. The smallest absolute Gasteiger partial charge is 0.219 e. The van der Waals surface area contributed by atoms with Gasteiger partial charge in [-0.15, -0.1) is 0 Å². The minimum atomic E-state index is 0.256. The summed E-state index contributed by atoms with van der Waals surface area (Å²) in [6.07, 6.45) is 7.43. The van der Waals surface area contributed by atoms with Gasteiger partial charge in [-0.05, 0) is 26.2 Å². The number of rotatable bonds is 3. The van der Waals surface area contributed by atoms with Gasteiger partial charge in [-0.2, -0.15) is 0 Å². The molecule has 1 aliphatic carbocycles. The third kappa shape index (κ3) is 2.73. The fraction of sp³-hybridized carbons (Fsp3) is 0.917. The minimum absolute atomic E-state index is 0.256. The highest BCUT2D eigenvalue weighted by Crippen LogP contribution is 2.24. The zero-order chi connectivity index (χ0) is 10.6. The highest BCUT2D eigenvalue weighted by molar-refractivity contribution is 5.74. The fourth-order valence-electron chi connectivity index (χ4n) is 2.48. The summed E-state index contributed by atoms with van der Waals surface area (Å²) >= 11 is 0. The van der Waals surface area contributed by atoms with Crippen LogP contribution in [0.15, 0.2) is 0 Å². The van der Waals surface area contributed by atoms with E-state index in [2.05, 4.69) is 18.7 Å². The monoisotopic (exact) mass is 197 g/mol. The van der Waals surface area contributed by atoms with Gasteiger partial charge in [0, 0.05) is 19.0 Å². The number of nitrogens with zero attached hydrogens (tertiary/aromatic N) is 1. The maximum atomic E-state index is 11.6. The molecular weight excluding hydrogens is 174 g/mol. The van der Waals surface area contributed by atoms with Crippen LogP contribution in [-0.4, -0.2) is 22.9 Å². The standard InChI is InChI=1S/C12H23NO/c1-4-10(2)13(11(3)14)12-8-6-5-7-9-12/h10,12H,4-9H2,1-3H3. The average Bonchev–Trinajstić information content (AvgIpc) is 2.19. The van der Waals surface area contributed by atoms with Crippen LogP contribution in [0.25, 0.3) is 0 Å². The van der Waals surface area contributed by atoms with Crippen LogP contribution in [0.2, 0.25) is 0 Å². The maximum Gasteiger partial charge on any atom is 0.219 e. The normalized spacial score (nSPS) is 20.5. The first-order valence-electron chi connectivity index (χ1n) is 5.95. The van der Waals surface area contributed by atoms with Crippen molar-refractivity contribution in [2.45, 2.75) is 71.4 Å². The Labute approximate surface area is 87.7 Å². The molecule has 1 saturated carbocycles. The molecule has 0 heterocycles. The van der Waals surface area contributed by atoms with Crippen LogP contribution in [0.4, 0.5) is 0 Å². The quantitative estimate of drug-likeness (QED) is 0.681. The third-order valence-electron chi connectivity index (χ3n) is 3.40. The highest BCUT2D eigenvalue weighted by atomic mass is 16.2. The summed E-state index contributed by atoms with van der Waals surface area (Å²) in [6, 6.07) is 0.937. The third-order valence-corrected chi connectivity index (χ3v) is 3.40. The van der Waals surface area contributed by atoms with Crippen LogP contribution >= 0.6 is 0 Å². The Morgan fingerprint density at radius 2 is 1.93 bits per heavy atom. The molecule has 82 valence electrons. The van der Waals surface area contributed by atoms with Gasteiger partial charge in [-0.1, -0.05) is 26.2 Å². The summed E-state index contributed by atoms with van der Waals surface area (Å²) in [5.41, 5.74) is 0. The first-order chi connectivity index (χ1) is 6.66. The first kappa shape index (κ1) is 11.5. The highest BCUT2D eigenvalue weighted by Gasteiger charge is 2.25. The van der Waals surface area contributed by atoms with E-state index in [1.807, 2.05) is 0 Å². The summed E-state index contributed by atoms with van der Waals surface area (Å²) in [4.78, 5) is 13.7. The minimum Gasteiger partial charge on any atom is -0.337 e. The van der Waals surface area contributed by atoms with Crippen molar-refractivity contribution in [1.82, 2.24) is 4.90 Å². The SMILES string of the molecule is CCC(C)N(C(C)=O)C1CCCCC1. The molecule has 0 aromatic heterocycles. The van der Waals surface area contributed by atoms with E-state index in [-0.39, 0.29) is 5.91 Å². The molecule has 0 saturated heterocycles. The molecule has 0 N–H and O–H groups in total. The van der Waals surface area contributed by atoms with Crippen molar-refractivity contribution in [2.75, 3.05) is 0 Å². The van der Waals surface area contributed by atoms with Crippen LogP contribution < -0.4 is 0 Å². The van der Waals surface area contributed by atoms with Crippen molar-refractivity contribution >= 4 is 5.91 Å². The number of carbonyl (C=O) groups is 1. The van der Waals surface area contributed by atoms with E-state index in [4.69, 9.17) is 0 Å². The molecule has 1 unspecified atom stereocenters. The van der Waals surface area contributed by atoms with Gasteiger partial charge in [0.2, 0.25) is 5.91 Å². The van der Waals surface area contributed by atoms with E-state index in [9.17, 15) is 4.79 Å². The van der Waals surface area contributed by atoms with Crippen LogP contribution in [0.3, 0.4) is 0 Å². The predicted octanol–water partition coefficient (Wildman–Crippen LogP) is 2.97. The molecule has 14 heavy (non-hydrogen) atoms. The Morgan fingerprint density at radius 1 is 1.36 bits per heavy atom. The maximum absolute atomic E-state index is 11.6. The summed E-state index contributed by atoms with van der Waals surface area (Å²) in [7, 11) is 0. The van der Waals surface area contributed by atoms with E-state index < -0.39 is 0 Å². The lowest BCUT2D eigenvalue weighted by atomic mass is 9.93.